The molecule has 0 atom stereocenters. The summed E-state index contributed by atoms with van der Waals surface area (Å²) >= 11 is 6.96. The Bertz CT molecular complexity index is 604. The molecule has 20 heavy (non-hydrogen) atoms. The van der Waals surface area contributed by atoms with Crippen molar-refractivity contribution in [2.75, 3.05) is 5.75 Å². The van der Waals surface area contributed by atoms with Gasteiger partial charge in [-0.2, -0.15) is 0 Å². The average molecular weight is 643 g/mol. The molecular weight excluding hydrogens is 631 g/mol. The summed E-state index contributed by atoms with van der Waals surface area (Å²) in [4.78, 5) is 35.5. The van der Waals surface area contributed by atoms with Crippen molar-refractivity contribution < 1.29 is 10.2 Å². The molecule has 2 N–H and O–H groups in total. The van der Waals surface area contributed by atoms with Gasteiger partial charge in [-0.1, -0.05) is 1.54 Å². The molecule has 0 aliphatic carbocycles. The molecule has 0 radical (unpaired) electrons. The lowest BCUT2D eigenvalue weighted by atomic mass is 10.5. The molecule has 116 valence electrons. The van der Waals surface area contributed by atoms with E-state index >= 15 is 0 Å². The SMILES string of the molecule is O=c1n(CO)c(=O)n(CCCS(I)(I)I)c(=O)n1CO. The number of halogens is 3. The lowest BCUT2D eigenvalue weighted by molar-refractivity contribution is 0.161. The summed E-state index contributed by atoms with van der Waals surface area (Å²) in [6, 6.07) is 0. The highest BCUT2D eigenvalue weighted by Crippen LogP contribution is 2.71. The minimum atomic E-state index is -1.02. The molecule has 0 aliphatic rings. The Kier molecular flexibility index (Phi) is 7.50. The van der Waals surface area contributed by atoms with Gasteiger partial charge in [0, 0.05) is 12.3 Å². The van der Waals surface area contributed by atoms with Crippen LogP contribution in [0.5, 0.6) is 0 Å². The van der Waals surface area contributed by atoms with Crippen LogP contribution in [-0.2, 0) is 20.0 Å². The predicted molar refractivity (Wildman–Crippen MR) is 103 cm³/mol. The fourth-order valence-electron chi connectivity index (χ4n) is 1.50. The van der Waals surface area contributed by atoms with Crippen molar-refractivity contribution in [3.8, 4) is 0 Å². The van der Waals surface area contributed by atoms with E-state index in [-0.39, 0.29) is 6.54 Å². The van der Waals surface area contributed by atoms with Crippen molar-refractivity contribution in [3.05, 3.63) is 31.5 Å². The Labute approximate surface area is 151 Å². The largest absolute Gasteiger partial charge is 0.376 e. The zero-order valence-electron chi connectivity index (χ0n) is 10.0. The average Bonchev–Trinajstić information content (AvgIpc) is 2.33. The molecule has 0 amide bonds. The summed E-state index contributed by atoms with van der Waals surface area (Å²) in [5, 5.41) is 18.1. The summed E-state index contributed by atoms with van der Waals surface area (Å²) in [5.74, 6) is 0.831. The maximum absolute atomic E-state index is 11.9. The second kappa shape index (κ2) is 7.93. The normalized spacial score (nSPS) is 12.7. The first-order valence-electron chi connectivity index (χ1n) is 5.29. The summed E-state index contributed by atoms with van der Waals surface area (Å²) in [5.41, 5.74) is -2.73. The van der Waals surface area contributed by atoms with Crippen LogP contribution in [0.25, 0.3) is 0 Å². The van der Waals surface area contributed by atoms with Gasteiger partial charge in [-0.15, -0.1) is 0 Å². The third kappa shape index (κ3) is 4.68. The van der Waals surface area contributed by atoms with E-state index < -0.39 is 32.1 Å². The van der Waals surface area contributed by atoms with Crippen LogP contribution in [0.4, 0.5) is 0 Å². The van der Waals surface area contributed by atoms with Crippen molar-refractivity contribution in [1.29, 1.82) is 0 Å². The third-order valence-electron chi connectivity index (χ3n) is 2.43. The number of aromatic nitrogens is 3. The number of rotatable bonds is 6. The maximum Gasteiger partial charge on any atom is 0.340 e. The van der Waals surface area contributed by atoms with Gasteiger partial charge in [0.1, 0.15) is 13.5 Å². The van der Waals surface area contributed by atoms with Crippen molar-refractivity contribution in [2.45, 2.75) is 26.4 Å². The Hall–Kier alpha value is 0.870. The summed E-state index contributed by atoms with van der Waals surface area (Å²) in [7, 11) is 0. The smallest absolute Gasteiger partial charge is 0.340 e. The monoisotopic (exact) mass is 643 g/mol. The quantitative estimate of drug-likeness (QED) is 0.435. The topological polar surface area (TPSA) is 106 Å². The van der Waals surface area contributed by atoms with Crippen LogP contribution in [0.3, 0.4) is 0 Å². The van der Waals surface area contributed by atoms with E-state index in [9.17, 15) is 14.4 Å². The molecule has 1 heterocycles. The van der Waals surface area contributed by atoms with Crippen molar-refractivity contribution in [1.82, 2.24) is 13.7 Å². The van der Waals surface area contributed by atoms with Crippen molar-refractivity contribution in [2.24, 2.45) is 0 Å². The maximum atomic E-state index is 11.9. The first kappa shape index (κ1) is 18.9. The second-order valence-corrected chi connectivity index (χ2v) is 33.8. The molecule has 0 aromatic carbocycles. The van der Waals surface area contributed by atoms with Gasteiger partial charge in [0.15, 0.2) is 0 Å². The van der Waals surface area contributed by atoms with Crippen molar-refractivity contribution >= 4 is 65.2 Å². The first-order valence-corrected chi connectivity index (χ1v) is 14.7. The molecule has 0 unspecified atom stereocenters. The molecule has 0 spiro atoms. The van der Waals surface area contributed by atoms with Gasteiger partial charge in [0.2, 0.25) is 0 Å². The van der Waals surface area contributed by atoms with E-state index in [1.165, 1.54) is 0 Å². The van der Waals surface area contributed by atoms with Crippen LogP contribution in [0, 0.1) is 0 Å². The molecule has 1 rings (SSSR count). The number of nitrogens with zero attached hydrogens (tertiary/aromatic N) is 3. The van der Waals surface area contributed by atoms with Crippen LogP contribution >= 0.6 is 65.2 Å². The van der Waals surface area contributed by atoms with Crippen LogP contribution < -0.4 is 17.1 Å². The molecule has 0 fully saturated rings. The Morgan fingerprint density at radius 2 is 1.25 bits per heavy atom. The minimum absolute atomic E-state index is 0.141. The second-order valence-electron chi connectivity index (χ2n) is 3.70. The predicted octanol–water partition coefficient (Wildman–Crippen LogP) is 0.316. The van der Waals surface area contributed by atoms with Gasteiger partial charge in [-0.05, 0) is 70.0 Å². The van der Waals surface area contributed by atoms with Gasteiger partial charge < -0.3 is 10.2 Å². The molecule has 0 bridgehead atoms. The lowest BCUT2D eigenvalue weighted by Crippen LogP contribution is -2.54. The Morgan fingerprint density at radius 1 is 0.850 bits per heavy atom. The van der Waals surface area contributed by atoms with E-state index in [0.29, 0.717) is 15.6 Å². The van der Waals surface area contributed by atoms with Gasteiger partial charge in [-0.3, -0.25) is 0 Å². The molecule has 8 nitrogen and oxygen atoms in total. The highest BCUT2D eigenvalue weighted by Gasteiger charge is 2.16. The Morgan fingerprint density at radius 3 is 1.60 bits per heavy atom. The molecule has 0 saturated carbocycles. The zero-order valence-corrected chi connectivity index (χ0v) is 17.3. The van der Waals surface area contributed by atoms with Crippen LogP contribution in [0.2, 0.25) is 0 Å². The highest BCUT2D eigenvalue weighted by atomic mass is 127. The minimum Gasteiger partial charge on any atom is -0.376 e. The van der Waals surface area contributed by atoms with Gasteiger partial charge >= 0.3 is 17.1 Å². The van der Waals surface area contributed by atoms with E-state index in [1.807, 2.05) is 0 Å². The number of aliphatic hydroxyl groups excluding tert-OH is 2. The van der Waals surface area contributed by atoms with Crippen LogP contribution in [0.1, 0.15) is 6.42 Å². The van der Waals surface area contributed by atoms with Crippen LogP contribution in [0.15, 0.2) is 14.4 Å². The van der Waals surface area contributed by atoms with E-state index in [1.54, 1.807) is 0 Å². The standard InChI is InChI=1S/C8H12I3N3O5S/c9-20(10,11)3-1-2-12-6(17)13(4-15)8(19)14(5-16)7(12)18/h15-16H,1-5H2. The zero-order chi connectivity index (χ0) is 15.5. The van der Waals surface area contributed by atoms with Gasteiger partial charge in [0.25, 0.3) is 0 Å². The molecule has 0 aliphatic heterocycles. The molecule has 0 saturated heterocycles. The first-order chi connectivity index (χ1) is 9.22. The van der Waals surface area contributed by atoms with Gasteiger partial charge in [-0.25, -0.2) is 28.1 Å². The molecule has 1 aromatic heterocycles. The highest BCUT2D eigenvalue weighted by molar-refractivity contribution is 14.5. The number of hydrogen-bond donors (Lipinski definition) is 2. The van der Waals surface area contributed by atoms with E-state index in [0.717, 1.165) is 10.3 Å². The van der Waals surface area contributed by atoms with E-state index in [4.69, 9.17) is 10.2 Å². The summed E-state index contributed by atoms with van der Waals surface area (Å²) in [6.45, 7) is -1.53. The third-order valence-corrected chi connectivity index (χ3v) is 7.14. The number of hydrogen-bond acceptors (Lipinski definition) is 5. The molecule has 12 heteroatoms. The fraction of sp³-hybridized carbons (Fsp3) is 0.625. The van der Waals surface area contributed by atoms with Gasteiger partial charge in [0.05, 0.1) is 0 Å². The summed E-state index contributed by atoms with van der Waals surface area (Å²) in [6.07, 6.45) is 0.592. The fourth-order valence-corrected chi connectivity index (χ4v) is 4.76. The lowest BCUT2D eigenvalue weighted by Gasteiger charge is -2.17. The number of aliphatic hydroxyl groups is 2. The summed E-state index contributed by atoms with van der Waals surface area (Å²) < 4.78 is 1.04. The van der Waals surface area contributed by atoms with Crippen molar-refractivity contribution in [3.63, 3.8) is 0 Å². The van der Waals surface area contributed by atoms with Crippen LogP contribution in [-0.4, -0.2) is 29.7 Å². The van der Waals surface area contributed by atoms with E-state index in [2.05, 4.69) is 63.6 Å². The molecular formula is C8H12I3N3O5S. The molecule has 1 aromatic rings. The Balaban J connectivity index is 3.23.